The van der Waals surface area contributed by atoms with Crippen LogP contribution in [-0.2, 0) is 9.59 Å². The van der Waals surface area contributed by atoms with Gasteiger partial charge in [0.05, 0.1) is 13.0 Å². The number of methoxy groups -OCH3 is 1. The maximum Gasteiger partial charge on any atom is 0.228 e. The van der Waals surface area contributed by atoms with Crippen molar-refractivity contribution < 1.29 is 14.3 Å². The summed E-state index contributed by atoms with van der Waals surface area (Å²) in [5.41, 5.74) is 0. The van der Waals surface area contributed by atoms with Gasteiger partial charge in [-0.25, -0.2) is 4.98 Å². The summed E-state index contributed by atoms with van der Waals surface area (Å²) in [6.45, 7) is 3.31. The lowest BCUT2D eigenvalue weighted by atomic mass is 10.1. The minimum Gasteiger partial charge on any atom is -0.481 e. The number of anilines is 1. The minimum atomic E-state index is -0.206. The topological polar surface area (TPSA) is 78.9 Å². The fourth-order valence-corrected chi connectivity index (χ4v) is 3.22. The van der Waals surface area contributed by atoms with E-state index in [1.54, 1.807) is 31.3 Å². The van der Waals surface area contributed by atoms with Crippen molar-refractivity contribution in [2.24, 2.45) is 5.92 Å². The van der Waals surface area contributed by atoms with Gasteiger partial charge in [0.1, 0.15) is 0 Å². The highest BCUT2D eigenvalue weighted by molar-refractivity contribution is 5.89. The highest BCUT2D eigenvalue weighted by atomic mass is 16.5. The zero-order chi connectivity index (χ0) is 17.1. The van der Waals surface area contributed by atoms with E-state index in [4.69, 9.17) is 4.74 Å². The number of carbonyl (C=O) groups is 2. The molecule has 2 saturated heterocycles. The molecule has 1 atom stereocenters. The Labute approximate surface area is 141 Å². The molecule has 130 valence electrons. The van der Waals surface area contributed by atoms with E-state index in [0.29, 0.717) is 44.4 Å². The molecule has 0 aliphatic carbocycles. The third-order valence-corrected chi connectivity index (χ3v) is 4.61. The first kappa shape index (κ1) is 16.5. The Morgan fingerprint density at radius 1 is 1.29 bits per heavy atom. The van der Waals surface area contributed by atoms with Crippen LogP contribution in [0.2, 0.25) is 0 Å². The molecule has 0 N–H and O–H groups in total. The lowest BCUT2D eigenvalue weighted by molar-refractivity contribution is -0.135. The summed E-state index contributed by atoms with van der Waals surface area (Å²) < 4.78 is 5.14. The summed E-state index contributed by atoms with van der Waals surface area (Å²) in [7, 11) is 3.33. The predicted molar refractivity (Wildman–Crippen MR) is 87.7 cm³/mol. The molecule has 8 heteroatoms. The van der Waals surface area contributed by atoms with E-state index in [-0.39, 0.29) is 17.7 Å². The number of likely N-dealkylation sites (tertiary alicyclic amines) is 1. The minimum absolute atomic E-state index is 0.0505. The fraction of sp³-hybridized carbons (Fsp3) is 0.625. The zero-order valence-corrected chi connectivity index (χ0v) is 14.1. The molecule has 24 heavy (non-hydrogen) atoms. The summed E-state index contributed by atoms with van der Waals surface area (Å²) in [6.07, 6.45) is 2.85. The first-order valence-corrected chi connectivity index (χ1v) is 8.23. The maximum atomic E-state index is 12.7. The van der Waals surface area contributed by atoms with E-state index < -0.39 is 0 Å². The monoisotopic (exact) mass is 333 g/mol. The van der Waals surface area contributed by atoms with E-state index >= 15 is 0 Å². The molecule has 8 nitrogen and oxygen atoms in total. The smallest absolute Gasteiger partial charge is 0.228 e. The van der Waals surface area contributed by atoms with Gasteiger partial charge in [-0.05, 0) is 6.42 Å². The zero-order valence-electron chi connectivity index (χ0n) is 14.1. The lowest BCUT2D eigenvalue weighted by Gasteiger charge is -2.24. The van der Waals surface area contributed by atoms with Gasteiger partial charge in [-0.3, -0.25) is 9.59 Å². The summed E-state index contributed by atoms with van der Waals surface area (Å²) in [5.74, 6) is 1.09. The van der Waals surface area contributed by atoms with Gasteiger partial charge < -0.3 is 19.4 Å². The van der Waals surface area contributed by atoms with Crippen molar-refractivity contribution in [1.82, 2.24) is 19.8 Å². The van der Waals surface area contributed by atoms with Gasteiger partial charge in [-0.15, -0.1) is 0 Å². The Balaban J connectivity index is 1.62. The van der Waals surface area contributed by atoms with Crippen LogP contribution in [0, 0.1) is 5.92 Å². The van der Waals surface area contributed by atoms with Crippen LogP contribution in [0.4, 0.5) is 5.95 Å². The van der Waals surface area contributed by atoms with Crippen molar-refractivity contribution in [3.8, 4) is 5.88 Å². The average molecular weight is 333 g/mol. The van der Waals surface area contributed by atoms with Gasteiger partial charge >= 0.3 is 0 Å². The number of hydrogen-bond acceptors (Lipinski definition) is 6. The second-order valence-corrected chi connectivity index (χ2v) is 6.24. The molecule has 0 aromatic carbocycles. The van der Waals surface area contributed by atoms with Gasteiger partial charge in [0.25, 0.3) is 0 Å². The average Bonchev–Trinajstić information content (AvgIpc) is 2.80. The van der Waals surface area contributed by atoms with Crippen LogP contribution in [0.5, 0.6) is 5.88 Å². The standard InChI is InChI=1S/C16H23N5O3/c1-19-11-12(10-14(19)22)15(23)20-6-3-7-21(9-8-20)16-17-5-4-13(18-16)24-2/h4-5,12H,3,6-11H2,1-2H3/t12-/m1/s1. The van der Waals surface area contributed by atoms with E-state index in [1.165, 1.54) is 0 Å². The van der Waals surface area contributed by atoms with Crippen molar-refractivity contribution in [1.29, 1.82) is 0 Å². The van der Waals surface area contributed by atoms with Crippen molar-refractivity contribution in [2.75, 3.05) is 51.8 Å². The van der Waals surface area contributed by atoms with E-state index in [1.807, 2.05) is 4.90 Å². The number of aromatic nitrogens is 2. The molecule has 0 saturated carbocycles. The number of amides is 2. The largest absolute Gasteiger partial charge is 0.481 e. The Kier molecular flexibility index (Phi) is 4.82. The lowest BCUT2D eigenvalue weighted by Crippen LogP contribution is -2.39. The molecule has 3 heterocycles. The van der Waals surface area contributed by atoms with Crippen molar-refractivity contribution in [3.05, 3.63) is 12.3 Å². The van der Waals surface area contributed by atoms with Gasteiger partial charge in [0, 0.05) is 58.5 Å². The summed E-state index contributed by atoms with van der Waals surface area (Å²) in [6, 6.07) is 1.71. The van der Waals surface area contributed by atoms with Crippen molar-refractivity contribution >= 4 is 17.8 Å². The van der Waals surface area contributed by atoms with Crippen molar-refractivity contribution in [3.63, 3.8) is 0 Å². The third kappa shape index (κ3) is 3.42. The molecule has 1 aromatic rings. The van der Waals surface area contributed by atoms with Crippen LogP contribution in [0.3, 0.4) is 0 Å². The SMILES string of the molecule is COc1ccnc(N2CCCN(C(=O)[C@@H]3CC(=O)N(C)C3)CC2)n1. The normalized spacial score (nSPS) is 21.8. The Bertz CT molecular complexity index is 623. The Hall–Kier alpha value is -2.38. The number of rotatable bonds is 3. The van der Waals surface area contributed by atoms with E-state index in [9.17, 15) is 9.59 Å². The van der Waals surface area contributed by atoms with Crippen LogP contribution in [0.25, 0.3) is 0 Å². The van der Waals surface area contributed by atoms with Gasteiger partial charge in [0.2, 0.25) is 23.6 Å². The second kappa shape index (κ2) is 7.02. The molecule has 0 radical (unpaired) electrons. The van der Waals surface area contributed by atoms with Crippen LogP contribution >= 0.6 is 0 Å². The van der Waals surface area contributed by atoms with Gasteiger partial charge in [-0.1, -0.05) is 0 Å². The molecule has 2 fully saturated rings. The quantitative estimate of drug-likeness (QED) is 0.775. The molecule has 0 spiro atoms. The first-order chi connectivity index (χ1) is 11.6. The second-order valence-electron chi connectivity index (χ2n) is 6.24. The fourth-order valence-electron chi connectivity index (χ4n) is 3.22. The molecule has 3 rings (SSSR count). The molecule has 2 aliphatic rings. The van der Waals surface area contributed by atoms with E-state index in [2.05, 4.69) is 14.9 Å². The third-order valence-electron chi connectivity index (χ3n) is 4.61. The number of ether oxygens (including phenoxy) is 1. The highest BCUT2D eigenvalue weighted by Crippen LogP contribution is 2.20. The van der Waals surface area contributed by atoms with Gasteiger partial charge in [0.15, 0.2) is 0 Å². The van der Waals surface area contributed by atoms with Crippen LogP contribution in [0.15, 0.2) is 12.3 Å². The predicted octanol–water partition coefficient (Wildman–Crippen LogP) is 0.00220. The van der Waals surface area contributed by atoms with Crippen LogP contribution in [0.1, 0.15) is 12.8 Å². The van der Waals surface area contributed by atoms with Crippen LogP contribution in [-0.4, -0.2) is 78.5 Å². The molecule has 0 unspecified atom stereocenters. The Morgan fingerprint density at radius 3 is 2.83 bits per heavy atom. The number of nitrogens with zero attached hydrogens (tertiary/aromatic N) is 5. The number of carbonyl (C=O) groups excluding carboxylic acids is 2. The van der Waals surface area contributed by atoms with E-state index in [0.717, 1.165) is 13.0 Å². The molecule has 1 aromatic heterocycles. The summed E-state index contributed by atoms with van der Waals surface area (Å²) in [4.78, 5) is 38.6. The van der Waals surface area contributed by atoms with Crippen LogP contribution < -0.4 is 9.64 Å². The highest BCUT2D eigenvalue weighted by Gasteiger charge is 2.35. The molecule has 2 aliphatic heterocycles. The van der Waals surface area contributed by atoms with Crippen molar-refractivity contribution in [2.45, 2.75) is 12.8 Å². The maximum absolute atomic E-state index is 12.7. The molecular weight excluding hydrogens is 310 g/mol. The number of hydrogen-bond donors (Lipinski definition) is 0. The molecular formula is C16H23N5O3. The first-order valence-electron chi connectivity index (χ1n) is 8.23. The summed E-state index contributed by atoms with van der Waals surface area (Å²) in [5, 5.41) is 0. The molecule has 0 bridgehead atoms. The summed E-state index contributed by atoms with van der Waals surface area (Å²) >= 11 is 0. The molecule has 2 amide bonds. The Morgan fingerprint density at radius 2 is 2.12 bits per heavy atom. The van der Waals surface area contributed by atoms with Gasteiger partial charge in [-0.2, -0.15) is 4.98 Å².